The average molecular weight is 289 g/mol. The molecule has 2 fully saturated rings. The molecule has 2 heterocycles. The lowest BCUT2D eigenvalue weighted by molar-refractivity contribution is -0.122. The van der Waals surface area contributed by atoms with Gasteiger partial charge in [-0.15, -0.1) is 0 Å². The van der Waals surface area contributed by atoms with Crippen molar-refractivity contribution in [2.75, 3.05) is 29.9 Å². The summed E-state index contributed by atoms with van der Waals surface area (Å²) in [6, 6.07) is 2.01. The van der Waals surface area contributed by atoms with Crippen LogP contribution in [0.15, 0.2) is 6.07 Å². The fourth-order valence-corrected chi connectivity index (χ4v) is 2.80. The lowest BCUT2D eigenvalue weighted by Gasteiger charge is -2.31. The van der Waals surface area contributed by atoms with Crippen LogP contribution in [0.25, 0.3) is 0 Å². The predicted molar refractivity (Wildman–Crippen MR) is 82.3 cm³/mol. The number of rotatable bonds is 5. The Morgan fingerprint density at radius 1 is 1.33 bits per heavy atom. The molecule has 0 aromatic carbocycles. The molecule has 6 heteroatoms. The molecule has 1 aliphatic heterocycles. The number of amides is 1. The highest BCUT2D eigenvalue weighted by Crippen LogP contribution is 2.39. The van der Waals surface area contributed by atoms with Gasteiger partial charge in [0.25, 0.3) is 0 Å². The van der Waals surface area contributed by atoms with Crippen LogP contribution in [0.4, 0.5) is 11.6 Å². The number of carbonyl (C=O) groups is 1. The molecule has 1 aromatic rings. The molecule has 2 aliphatic rings. The molecule has 1 amide bonds. The summed E-state index contributed by atoms with van der Waals surface area (Å²) in [5.74, 6) is 3.21. The van der Waals surface area contributed by atoms with Gasteiger partial charge in [0.05, 0.1) is 0 Å². The highest BCUT2D eigenvalue weighted by Gasteiger charge is 2.29. The molecule has 0 radical (unpaired) electrons. The average Bonchev–Trinajstić information content (AvgIpc) is 3.32. The Bertz CT molecular complexity index is 521. The number of hydrogen-bond donors (Lipinski definition) is 2. The monoisotopic (exact) mass is 289 g/mol. The minimum atomic E-state index is -0.177. The lowest BCUT2D eigenvalue weighted by Crippen LogP contribution is -2.39. The second-order valence-corrected chi connectivity index (χ2v) is 5.94. The number of aromatic nitrogens is 2. The Morgan fingerprint density at radius 2 is 2.05 bits per heavy atom. The first kappa shape index (κ1) is 14.1. The van der Waals surface area contributed by atoms with Crippen LogP contribution in [0.5, 0.6) is 0 Å². The topological polar surface area (TPSA) is 84.1 Å². The SMILES string of the molecule is CCNc1cc(N2CCC(C(N)=O)CC2)nc(C2CC2)n1. The van der Waals surface area contributed by atoms with E-state index in [1.54, 1.807) is 0 Å². The van der Waals surface area contributed by atoms with Crippen LogP contribution in [0.1, 0.15) is 44.3 Å². The zero-order valence-corrected chi connectivity index (χ0v) is 12.5. The predicted octanol–water partition coefficient (Wildman–Crippen LogP) is 1.49. The van der Waals surface area contributed by atoms with Crippen LogP contribution in [0.2, 0.25) is 0 Å². The van der Waals surface area contributed by atoms with Gasteiger partial charge in [0.1, 0.15) is 17.5 Å². The molecule has 0 atom stereocenters. The van der Waals surface area contributed by atoms with Gasteiger partial charge >= 0.3 is 0 Å². The molecule has 1 aromatic heterocycles. The summed E-state index contributed by atoms with van der Waals surface area (Å²) in [4.78, 5) is 22.8. The van der Waals surface area contributed by atoms with Crippen LogP contribution in [0, 0.1) is 5.92 Å². The molecule has 114 valence electrons. The van der Waals surface area contributed by atoms with Crippen molar-refractivity contribution in [3.63, 3.8) is 0 Å². The molecule has 6 nitrogen and oxygen atoms in total. The van der Waals surface area contributed by atoms with Crippen LogP contribution < -0.4 is 16.0 Å². The van der Waals surface area contributed by atoms with E-state index in [1.165, 1.54) is 12.8 Å². The first-order valence-corrected chi connectivity index (χ1v) is 7.84. The number of primary amides is 1. The Balaban J connectivity index is 1.76. The van der Waals surface area contributed by atoms with Gasteiger partial charge in [-0.1, -0.05) is 0 Å². The molecule has 0 unspecified atom stereocenters. The van der Waals surface area contributed by atoms with E-state index < -0.39 is 0 Å². The number of nitrogens with two attached hydrogens (primary N) is 1. The molecular weight excluding hydrogens is 266 g/mol. The zero-order valence-electron chi connectivity index (χ0n) is 12.5. The molecule has 21 heavy (non-hydrogen) atoms. The highest BCUT2D eigenvalue weighted by molar-refractivity contribution is 5.77. The summed E-state index contributed by atoms with van der Waals surface area (Å²) in [5.41, 5.74) is 5.39. The van der Waals surface area contributed by atoms with E-state index in [9.17, 15) is 4.79 Å². The van der Waals surface area contributed by atoms with Gasteiger partial charge in [-0.2, -0.15) is 0 Å². The van der Waals surface area contributed by atoms with Crippen LogP contribution in [-0.2, 0) is 4.79 Å². The molecule has 1 aliphatic carbocycles. The van der Waals surface area contributed by atoms with E-state index in [4.69, 9.17) is 10.7 Å². The smallest absolute Gasteiger partial charge is 0.220 e. The lowest BCUT2D eigenvalue weighted by atomic mass is 9.96. The molecular formula is C15H23N5O. The fraction of sp³-hybridized carbons (Fsp3) is 0.667. The first-order chi connectivity index (χ1) is 10.2. The molecule has 1 saturated carbocycles. The highest BCUT2D eigenvalue weighted by atomic mass is 16.1. The molecule has 1 saturated heterocycles. The van der Waals surface area contributed by atoms with Gasteiger partial charge < -0.3 is 16.0 Å². The van der Waals surface area contributed by atoms with E-state index >= 15 is 0 Å². The van der Waals surface area contributed by atoms with Crippen molar-refractivity contribution >= 4 is 17.5 Å². The van der Waals surface area contributed by atoms with E-state index in [0.29, 0.717) is 5.92 Å². The van der Waals surface area contributed by atoms with Crippen molar-refractivity contribution in [1.29, 1.82) is 0 Å². The zero-order chi connectivity index (χ0) is 14.8. The van der Waals surface area contributed by atoms with Gasteiger partial charge in [0, 0.05) is 37.5 Å². The van der Waals surface area contributed by atoms with Gasteiger partial charge in [-0.05, 0) is 32.6 Å². The third-order valence-corrected chi connectivity index (χ3v) is 4.25. The number of nitrogens with one attached hydrogen (secondary N) is 1. The largest absolute Gasteiger partial charge is 0.370 e. The van der Waals surface area contributed by atoms with Crippen molar-refractivity contribution in [3.05, 3.63) is 11.9 Å². The Morgan fingerprint density at radius 3 is 2.62 bits per heavy atom. The van der Waals surface area contributed by atoms with Crippen LogP contribution in [-0.4, -0.2) is 35.5 Å². The fourth-order valence-electron chi connectivity index (χ4n) is 2.80. The van der Waals surface area contributed by atoms with E-state index in [2.05, 4.69) is 22.1 Å². The second kappa shape index (κ2) is 5.87. The van der Waals surface area contributed by atoms with Gasteiger partial charge in [0.2, 0.25) is 5.91 Å². The molecule has 3 rings (SSSR count). The normalized spacial score (nSPS) is 19.6. The maximum atomic E-state index is 11.3. The maximum Gasteiger partial charge on any atom is 0.220 e. The van der Waals surface area contributed by atoms with Crippen molar-refractivity contribution in [1.82, 2.24) is 9.97 Å². The second-order valence-electron chi connectivity index (χ2n) is 5.94. The van der Waals surface area contributed by atoms with Gasteiger partial charge in [-0.25, -0.2) is 9.97 Å². The number of hydrogen-bond acceptors (Lipinski definition) is 5. The van der Waals surface area contributed by atoms with Crippen LogP contribution >= 0.6 is 0 Å². The van der Waals surface area contributed by atoms with E-state index in [1.807, 2.05) is 6.07 Å². The number of carbonyl (C=O) groups excluding carboxylic acids is 1. The van der Waals surface area contributed by atoms with E-state index in [0.717, 1.165) is 49.9 Å². The third kappa shape index (κ3) is 3.25. The minimum absolute atomic E-state index is 0.0132. The van der Waals surface area contributed by atoms with E-state index in [-0.39, 0.29) is 11.8 Å². The van der Waals surface area contributed by atoms with Crippen molar-refractivity contribution in [2.45, 2.75) is 38.5 Å². The van der Waals surface area contributed by atoms with Crippen molar-refractivity contribution < 1.29 is 4.79 Å². The summed E-state index contributed by atoms with van der Waals surface area (Å²) in [6.45, 7) is 4.59. The number of anilines is 2. The summed E-state index contributed by atoms with van der Waals surface area (Å²) in [6.07, 6.45) is 4.01. The summed E-state index contributed by atoms with van der Waals surface area (Å²) in [7, 11) is 0. The summed E-state index contributed by atoms with van der Waals surface area (Å²) < 4.78 is 0. The molecule has 0 bridgehead atoms. The summed E-state index contributed by atoms with van der Waals surface area (Å²) in [5, 5.41) is 3.29. The standard InChI is InChI=1S/C15H23N5O/c1-2-17-12-9-13(19-15(18-12)11-3-4-11)20-7-5-10(6-8-20)14(16)21/h9-11H,2-8H2,1H3,(H2,16,21)(H,17,18,19). The van der Waals surface area contributed by atoms with Gasteiger partial charge in [0.15, 0.2) is 0 Å². The van der Waals surface area contributed by atoms with Crippen LogP contribution in [0.3, 0.4) is 0 Å². The third-order valence-electron chi connectivity index (χ3n) is 4.25. The summed E-state index contributed by atoms with van der Waals surface area (Å²) >= 11 is 0. The number of piperidine rings is 1. The maximum absolute atomic E-state index is 11.3. The minimum Gasteiger partial charge on any atom is -0.370 e. The Kier molecular flexibility index (Phi) is 3.94. The van der Waals surface area contributed by atoms with Crippen molar-refractivity contribution in [3.8, 4) is 0 Å². The Hall–Kier alpha value is -1.85. The van der Waals surface area contributed by atoms with Crippen molar-refractivity contribution in [2.24, 2.45) is 11.7 Å². The van der Waals surface area contributed by atoms with Gasteiger partial charge in [-0.3, -0.25) is 4.79 Å². The molecule has 3 N–H and O–H groups in total. The first-order valence-electron chi connectivity index (χ1n) is 7.84. The molecule has 0 spiro atoms. The Labute approximate surface area is 125 Å². The number of nitrogens with zero attached hydrogens (tertiary/aromatic N) is 3. The quantitative estimate of drug-likeness (QED) is 0.858.